The van der Waals surface area contributed by atoms with Crippen LogP contribution in [0.1, 0.15) is 57.6 Å². The Bertz CT molecular complexity index is 1500. The number of hydrogen-bond donors (Lipinski definition) is 0. The summed E-state index contributed by atoms with van der Waals surface area (Å²) in [6.07, 6.45) is 6.85. The van der Waals surface area contributed by atoms with Crippen LogP contribution in [-0.4, -0.2) is 51.1 Å². The largest absolute Gasteiger partial charge is 0.439 e. The number of allylic oxidation sites excluding steroid dienone is 2. The van der Waals surface area contributed by atoms with E-state index in [9.17, 15) is 9.59 Å². The van der Waals surface area contributed by atoms with Crippen LogP contribution in [-0.2, 0) is 18.7 Å². The number of carbonyl (C=O) groups excluding carboxylic acids is 2. The first kappa shape index (κ1) is 32.4. The lowest BCUT2D eigenvalue weighted by Crippen LogP contribution is -2.64. The number of amides is 2. The summed E-state index contributed by atoms with van der Waals surface area (Å²) in [6, 6.07) is 30.0. The van der Waals surface area contributed by atoms with E-state index >= 15 is 0 Å². The second-order valence-electron chi connectivity index (χ2n) is 11.9. The molecule has 5 rings (SSSR count). The van der Waals surface area contributed by atoms with Gasteiger partial charge in [0.1, 0.15) is 6.10 Å². The molecule has 2 amide bonds. The van der Waals surface area contributed by atoms with Crippen molar-refractivity contribution in [3.8, 4) is 0 Å². The van der Waals surface area contributed by atoms with E-state index in [0.717, 1.165) is 46.0 Å². The first-order chi connectivity index (χ1) is 21.8. The molecule has 0 N–H and O–H groups in total. The highest BCUT2D eigenvalue weighted by molar-refractivity contribution is 7.03. The zero-order valence-electron chi connectivity index (χ0n) is 26.5. The van der Waals surface area contributed by atoms with Gasteiger partial charge in [-0.2, -0.15) is 0 Å². The Labute approximate surface area is 268 Å². The number of ether oxygens (including phenoxy) is 2. The molecule has 3 atom stereocenters. The van der Waals surface area contributed by atoms with Gasteiger partial charge in [0.2, 0.25) is 5.91 Å². The molecule has 1 aliphatic heterocycles. The Morgan fingerprint density at radius 3 is 2.18 bits per heavy atom. The van der Waals surface area contributed by atoms with Crippen LogP contribution in [0.4, 0.5) is 4.79 Å². The highest BCUT2D eigenvalue weighted by Gasteiger charge is 2.47. The number of hydrogen-bond acceptors (Lipinski definition) is 5. The molecule has 0 bridgehead atoms. The van der Waals surface area contributed by atoms with Gasteiger partial charge in [0.15, 0.2) is 0 Å². The van der Waals surface area contributed by atoms with Gasteiger partial charge in [-0.05, 0) is 66.2 Å². The number of benzene rings is 3. The SMILES string of the molecule is C=C(COC)/C(=C/CCC(=O)N1C(=O)O[C@@H](c2ccccc2)[C@H]1C)[Si](OC1C=C(C)CCC1)(c1ccccc1)c1ccccc1. The minimum Gasteiger partial charge on any atom is -0.439 e. The van der Waals surface area contributed by atoms with Crippen molar-refractivity contribution >= 4 is 30.7 Å². The Kier molecular flexibility index (Phi) is 10.7. The molecule has 1 heterocycles. The van der Waals surface area contributed by atoms with E-state index in [1.807, 2.05) is 49.4 Å². The number of rotatable bonds is 12. The van der Waals surface area contributed by atoms with Gasteiger partial charge in [-0.1, -0.05) is 115 Å². The highest BCUT2D eigenvalue weighted by Crippen LogP contribution is 2.34. The van der Waals surface area contributed by atoms with Gasteiger partial charge >= 0.3 is 6.09 Å². The molecule has 1 unspecified atom stereocenters. The van der Waals surface area contributed by atoms with Crippen LogP contribution in [0.25, 0.3) is 0 Å². The minimum atomic E-state index is -3.16. The average Bonchev–Trinajstić information content (AvgIpc) is 3.36. The summed E-state index contributed by atoms with van der Waals surface area (Å²) in [5, 5.41) is 3.18. The fourth-order valence-corrected chi connectivity index (χ4v) is 10.9. The predicted molar refractivity (Wildman–Crippen MR) is 181 cm³/mol. The van der Waals surface area contributed by atoms with Gasteiger partial charge in [0, 0.05) is 13.5 Å². The van der Waals surface area contributed by atoms with Crippen molar-refractivity contribution in [3.63, 3.8) is 0 Å². The van der Waals surface area contributed by atoms with Crippen molar-refractivity contribution in [3.05, 3.63) is 132 Å². The minimum absolute atomic E-state index is 0.0543. The summed E-state index contributed by atoms with van der Waals surface area (Å²) < 4.78 is 18.7. The lowest BCUT2D eigenvalue weighted by Gasteiger charge is -2.39. The monoisotopic (exact) mass is 621 g/mol. The van der Waals surface area contributed by atoms with Gasteiger partial charge in [0.25, 0.3) is 8.32 Å². The molecule has 0 radical (unpaired) electrons. The summed E-state index contributed by atoms with van der Waals surface area (Å²) in [4.78, 5) is 27.7. The fraction of sp³-hybridized carbons (Fsp3) is 0.316. The summed E-state index contributed by atoms with van der Waals surface area (Å²) in [7, 11) is -1.49. The van der Waals surface area contributed by atoms with E-state index < -0.39 is 26.6 Å². The van der Waals surface area contributed by atoms with E-state index in [2.05, 4.69) is 74.2 Å². The molecule has 1 aliphatic carbocycles. The number of cyclic esters (lactones) is 1. The lowest BCUT2D eigenvalue weighted by molar-refractivity contribution is -0.129. The molecule has 0 saturated carbocycles. The first-order valence-electron chi connectivity index (χ1n) is 15.8. The second-order valence-corrected chi connectivity index (χ2v) is 15.2. The Morgan fingerprint density at radius 1 is 1.00 bits per heavy atom. The molecular weight excluding hydrogens is 579 g/mol. The normalized spacial score (nSPS) is 20.5. The van der Waals surface area contributed by atoms with Gasteiger partial charge in [-0.25, -0.2) is 9.69 Å². The number of nitrogens with zero attached hydrogens (tertiary/aromatic N) is 1. The summed E-state index contributed by atoms with van der Waals surface area (Å²) >= 11 is 0. The Morgan fingerprint density at radius 2 is 1.60 bits per heavy atom. The van der Waals surface area contributed by atoms with Gasteiger partial charge in [-0.3, -0.25) is 4.79 Å². The Balaban J connectivity index is 1.52. The van der Waals surface area contributed by atoms with Crippen LogP contribution >= 0.6 is 0 Å². The molecule has 45 heavy (non-hydrogen) atoms. The smallest absolute Gasteiger partial charge is 0.417 e. The summed E-state index contributed by atoms with van der Waals surface area (Å²) in [5.74, 6) is -0.266. The topological polar surface area (TPSA) is 65.1 Å². The number of imide groups is 1. The standard InChI is InChI=1S/C38H43NO5Si/c1-28-16-14-19-32(26-28)44-45(33-20-10-6-11-21-33,34-22-12-7-13-23-34)35(29(2)27-42-4)24-15-25-36(40)39-30(3)37(43-38(39)41)31-17-8-5-9-18-31/h5-13,17-18,20-24,26,30,32,37H,2,14-16,19,25,27H2,1,3-4H3/b35-24-/t30-,32?,37-/m1/s1. The highest BCUT2D eigenvalue weighted by atomic mass is 28.4. The molecule has 7 heteroatoms. The third-order valence-electron chi connectivity index (χ3n) is 8.67. The van der Waals surface area contributed by atoms with Crippen LogP contribution in [0.5, 0.6) is 0 Å². The van der Waals surface area contributed by atoms with E-state index in [4.69, 9.17) is 13.9 Å². The van der Waals surface area contributed by atoms with E-state index in [1.54, 1.807) is 7.11 Å². The summed E-state index contributed by atoms with van der Waals surface area (Å²) in [6.45, 7) is 8.84. The molecule has 6 nitrogen and oxygen atoms in total. The van der Waals surface area contributed by atoms with Crippen molar-refractivity contribution in [1.82, 2.24) is 4.90 Å². The third-order valence-corrected chi connectivity index (χ3v) is 12.9. The van der Waals surface area contributed by atoms with Crippen molar-refractivity contribution < 1.29 is 23.5 Å². The van der Waals surface area contributed by atoms with Crippen LogP contribution in [0.3, 0.4) is 0 Å². The van der Waals surface area contributed by atoms with E-state index in [-0.39, 0.29) is 18.4 Å². The van der Waals surface area contributed by atoms with Gasteiger partial charge in [-0.15, -0.1) is 0 Å². The van der Waals surface area contributed by atoms with Crippen LogP contribution in [0.2, 0.25) is 0 Å². The van der Waals surface area contributed by atoms with Crippen LogP contribution in [0.15, 0.2) is 126 Å². The van der Waals surface area contributed by atoms with Gasteiger partial charge in [0.05, 0.1) is 18.8 Å². The predicted octanol–water partition coefficient (Wildman–Crippen LogP) is 6.82. The zero-order valence-corrected chi connectivity index (χ0v) is 27.5. The number of methoxy groups -OCH3 is 1. The molecular formula is C38H43NO5Si. The number of carbonyl (C=O) groups is 2. The molecule has 234 valence electrons. The Hall–Kier alpha value is -4.04. The van der Waals surface area contributed by atoms with E-state index in [1.165, 1.54) is 10.5 Å². The maximum absolute atomic E-state index is 13.6. The molecule has 1 fully saturated rings. The average molecular weight is 622 g/mol. The zero-order chi connectivity index (χ0) is 31.8. The third kappa shape index (κ3) is 7.11. The maximum atomic E-state index is 13.6. The molecule has 0 spiro atoms. The second kappa shape index (κ2) is 14.8. The van der Waals surface area contributed by atoms with Crippen molar-refractivity contribution in [2.24, 2.45) is 0 Å². The van der Waals surface area contributed by atoms with Crippen LogP contribution in [0, 0.1) is 0 Å². The molecule has 3 aromatic carbocycles. The molecule has 1 saturated heterocycles. The van der Waals surface area contributed by atoms with Crippen molar-refractivity contribution in [2.45, 2.75) is 64.2 Å². The first-order valence-corrected chi connectivity index (χ1v) is 17.7. The maximum Gasteiger partial charge on any atom is 0.417 e. The molecule has 0 aromatic heterocycles. The van der Waals surface area contributed by atoms with Crippen LogP contribution < -0.4 is 10.4 Å². The van der Waals surface area contributed by atoms with E-state index in [0.29, 0.717) is 13.0 Å². The fourth-order valence-electron chi connectivity index (χ4n) is 6.54. The van der Waals surface area contributed by atoms with Crippen molar-refractivity contribution in [2.75, 3.05) is 13.7 Å². The quantitative estimate of drug-likeness (QED) is 0.126. The summed E-state index contributed by atoms with van der Waals surface area (Å²) in [5.41, 5.74) is 3.03. The van der Waals surface area contributed by atoms with Gasteiger partial charge < -0.3 is 13.9 Å². The van der Waals surface area contributed by atoms with Crippen molar-refractivity contribution in [1.29, 1.82) is 0 Å². The lowest BCUT2D eigenvalue weighted by atomic mass is 9.99. The molecule has 3 aromatic rings. The molecule has 2 aliphatic rings.